The number of hydrogen-bond acceptors (Lipinski definition) is 4. The third-order valence-electron chi connectivity index (χ3n) is 7.51. The molecule has 1 N–H and O–H groups in total. The summed E-state index contributed by atoms with van der Waals surface area (Å²) in [5, 5.41) is 1.07. The van der Waals surface area contributed by atoms with E-state index in [1.165, 1.54) is 17.0 Å². The van der Waals surface area contributed by atoms with Crippen molar-refractivity contribution < 1.29 is 49.3 Å². The van der Waals surface area contributed by atoms with Gasteiger partial charge in [-0.3, -0.25) is 15.2 Å². The average Bonchev–Trinajstić information content (AvgIpc) is 3.50. The van der Waals surface area contributed by atoms with Crippen LogP contribution in [0.25, 0.3) is 0 Å². The highest BCUT2D eigenvalue weighted by atomic mass is 32.2. The van der Waals surface area contributed by atoms with E-state index in [0.29, 0.717) is 0 Å². The Morgan fingerprint density at radius 1 is 1.00 bits per heavy atom. The normalized spacial score (nSPS) is 24.0. The molecule has 7 nitrogen and oxygen atoms in total. The molecule has 40 heavy (non-hydrogen) atoms. The first kappa shape index (κ1) is 28.4. The number of amides is 3. The second kappa shape index (κ2) is 9.46. The Balaban J connectivity index is 1.63. The maximum absolute atomic E-state index is 14.8. The quantitative estimate of drug-likeness (QED) is 0.421. The van der Waals surface area contributed by atoms with E-state index in [4.69, 9.17) is 0 Å². The molecule has 5 rings (SSSR count). The lowest BCUT2D eigenvalue weighted by Crippen LogP contribution is -2.56. The zero-order valence-corrected chi connectivity index (χ0v) is 21.1. The SMILES string of the molecule is O=C1CCN(C(=O)N2CCC3([S+]([O-])c4ccc(F)cc4)c4ccc(C(F)(C(F)(F)F)C(F)(F)F)nc4CCC23)N1. The molecule has 1 aromatic heterocycles. The number of aryl methyl sites for hydroxylation is 1. The second-order valence-corrected chi connectivity index (χ2v) is 11.4. The molecule has 0 radical (unpaired) electrons. The number of benzene rings is 1. The number of aromatic nitrogens is 1. The molecule has 2 aliphatic heterocycles. The van der Waals surface area contributed by atoms with E-state index >= 15 is 0 Å². The molecule has 2 saturated heterocycles. The van der Waals surface area contributed by atoms with Gasteiger partial charge in [0, 0.05) is 30.6 Å². The van der Waals surface area contributed by atoms with Crippen LogP contribution in [0.1, 0.15) is 36.2 Å². The molecular formula is C24H20F8N4O3S. The van der Waals surface area contributed by atoms with Crippen LogP contribution in [-0.2, 0) is 32.8 Å². The molecular weight excluding hydrogens is 576 g/mol. The Morgan fingerprint density at radius 2 is 1.65 bits per heavy atom. The van der Waals surface area contributed by atoms with Crippen LogP contribution in [0.3, 0.4) is 0 Å². The number of carbonyl (C=O) groups excluding carboxylic acids is 2. The lowest BCUT2D eigenvalue weighted by molar-refractivity contribution is -0.350. The van der Waals surface area contributed by atoms with Gasteiger partial charge in [0.2, 0.25) is 5.91 Å². The lowest BCUT2D eigenvalue weighted by Gasteiger charge is -2.43. The second-order valence-electron chi connectivity index (χ2n) is 9.67. The van der Waals surface area contributed by atoms with Crippen molar-refractivity contribution in [3.8, 4) is 0 Å². The molecule has 1 aliphatic carbocycles. The maximum Gasteiger partial charge on any atom is 0.437 e. The van der Waals surface area contributed by atoms with Crippen molar-refractivity contribution in [3.05, 3.63) is 59.2 Å². The van der Waals surface area contributed by atoms with Gasteiger partial charge in [0.05, 0.1) is 18.3 Å². The van der Waals surface area contributed by atoms with Gasteiger partial charge in [-0.15, -0.1) is 0 Å². The first-order chi connectivity index (χ1) is 18.6. The van der Waals surface area contributed by atoms with Gasteiger partial charge in [-0.25, -0.2) is 18.6 Å². The molecule has 216 valence electrons. The third kappa shape index (κ3) is 4.17. The number of urea groups is 1. The summed E-state index contributed by atoms with van der Waals surface area (Å²) in [7, 11) is 0. The van der Waals surface area contributed by atoms with Crippen LogP contribution >= 0.6 is 0 Å². The number of nitrogens with zero attached hydrogens (tertiary/aromatic N) is 3. The summed E-state index contributed by atoms with van der Waals surface area (Å²) in [6.07, 6.45) is -13.1. The highest BCUT2D eigenvalue weighted by molar-refractivity contribution is 7.92. The van der Waals surface area contributed by atoms with Crippen molar-refractivity contribution in [2.24, 2.45) is 0 Å². The fraction of sp³-hybridized carbons (Fsp3) is 0.458. The number of fused-ring (bicyclic) bond motifs is 3. The van der Waals surface area contributed by atoms with E-state index in [1.807, 2.05) is 0 Å². The molecule has 1 aromatic carbocycles. The van der Waals surface area contributed by atoms with Gasteiger partial charge in [0.15, 0.2) is 9.64 Å². The number of alkyl halides is 7. The summed E-state index contributed by atoms with van der Waals surface area (Å²) in [6.45, 7) is 0.0338. The van der Waals surface area contributed by atoms with E-state index in [0.717, 1.165) is 23.2 Å². The Bertz CT molecular complexity index is 1320. The van der Waals surface area contributed by atoms with Gasteiger partial charge in [-0.2, -0.15) is 26.3 Å². The van der Waals surface area contributed by atoms with Crippen molar-refractivity contribution in [2.45, 2.75) is 59.4 Å². The van der Waals surface area contributed by atoms with Crippen molar-refractivity contribution >= 4 is 23.1 Å². The molecule has 3 unspecified atom stereocenters. The number of carbonyl (C=O) groups is 2. The van der Waals surface area contributed by atoms with Crippen LogP contribution in [0.15, 0.2) is 41.3 Å². The van der Waals surface area contributed by atoms with Crippen molar-refractivity contribution in [1.82, 2.24) is 20.3 Å². The van der Waals surface area contributed by atoms with E-state index in [-0.39, 0.29) is 61.0 Å². The number of hydrogen-bond donors (Lipinski definition) is 1. The smallest absolute Gasteiger partial charge is 0.437 e. The van der Waals surface area contributed by atoms with Crippen LogP contribution < -0.4 is 5.43 Å². The van der Waals surface area contributed by atoms with Crippen molar-refractivity contribution in [1.29, 1.82) is 0 Å². The molecule has 2 fully saturated rings. The molecule has 0 saturated carbocycles. The molecule has 3 atom stereocenters. The minimum absolute atomic E-state index is 0.00242. The Labute approximate surface area is 224 Å². The standard InChI is InChI=1S/C24H20F8N4O3S/c25-13-1-3-14(4-2-13)40(39)21-10-12-35(20(38)36-11-9-19(37)34-36)18(21)8-6-16-15(21)5-7-17(33-16)22(26,23(27,28)29)24(30,31)32/h1-5,7,18H,6,8-12H2,(H,34,37). The minimum Gasteiger partial charge on any atom is -0.611 e. The predicted molar refractivity (Wildman–Crippen MR) is 122 cm³/mol. The number of likely N-dealkylation sites (tertiary alicyclic amines) is 1. The lowest BCUT2D eigenvalue weighted by atomic mass is 9.80. The number of rotatable bonds is 3. The highest BCUT2D eigenvalue weighted by Gasteiger charge is 2.75. The van der Waals surface area contributed by atoms with E-state index in [2.05, 4.69) is 10.4 Å². The monoisotopic (exact) mass is 596 g/mol. The van der Waals surface area contributed by atoms with Gasteiger partial charge in [0.25, 0.3) is 0 Å². The van der Waals surface area contributed by atoms with E-state index in [1.54, 1.807) is 0 Å². The molecule has 2 aromatic rings. The fourth-order valence-corrected chi connectivity index (χ4v) is 7.60. The van der Waals surface area contributed by atoms with Gasteiger partial charge >= 0.3 is 24.1 Å². The van der Waals surface area contributed by atoms with E-state index < -0.39 is 63.4 Å². The topological polar surface area (TPSA) is 88.6 Å². The number of nitrogens with one attached hydrogen (secondary N) is 1. The van der Waals surface area contributed by atoms with Crippen LogP contribution in [-0.4, -0.2) is 62.9 Å². The number of halogens is 8. The largest absolute Gasteiger partial charge is 0.611 e. The third-order valence-corrected chi connectivity index (χ3v) is 9.57. The molecule has 3 amide bonds. The fourth-order valence-electron chi connectivity index (χ4n) is 5.65. The summed E-state index contributed by atoms with van der Waals surface area (Å²) in [5.74, 6) is -1.04. The van der Waals surface area contributed by atoms with Crippen LogP contribution in [0, 0.1) is 5.82 Å². The Hall–Kier alpha value is -3.14. The number of hydrazine groups is 1. The summed E-state index contributed by atoms with van der Waals surface area (Å²) in [5.41, 5.74) is -5.57. The summed E-state index contributed by atoms with van der Waals surface area (Å²) in [4.78, 5) is 29.9. The van der Waals surface area contributed by atoms with Crippen molar-refractivity contribution in [3.63, 3.8) is 0 Å². The van der Waals surface area contributed by atoms with Crippen LogP contribution in [0.5, 0.6) is 0 Å². The van der Waals surface area contributed by atoms with Gasteiger partial charge in [-0.05, 0) is 60.4 Å². The van der Waals surface area contributed by atoms with Crippen LogP contribution in [0.2, 0.25) is 0 Å². The zero-order valence-electron chi connectivity index (χ0n) is 20.3. The Morgan fingerprint density at radius 3 is 2.23 bits per heavy atom. The molecule has 0 spiro atoms. The molecule has 3 heterocycles. The molecule has 0 bridgehead atoms. The molecule has 16 heteroatoms. The van der Waals surface area contributed by atoms with Gasteiger partial charge in [-0.1, -0.05) is 0 Å². The van der Waals surface area contributed by atoms with Crippen LogP contribution in [0.4, 0.5) is 39.9 Å². The minimum atomic E-state index is -6.37. The maximum atomic E-state index is 14.8. The first-order valence-corrected chi connectivity index (χ1v) is 13.1. The van der Waals surface area contributed by atoms with Gasteiger partial charge < -0.3 is 9.45 Å². The first-order valence-electron chi connectivity index (χ1n) is 12.0. The summed E-state index contributed by atoms with van der Waals surface area (Å²) < 4.78 is 121. The van der Waals surface area contributed by atoms with E-state index in [9.17, 15) is 49.3 Å². The number of pyridine rings is 1. The summed E-state index contributed by atoms with van der Waals surface area (Å²) >= 11 is -2.12. The van der Waals surface area contributed by atoms with Crippen molar-refractivity contribution in [2.75, 3.05) is 13.1 Å². The average molecular weight is 596 g/mol. The predicted octanol–water partition coefficient (Wildman–Crippen LogP) is 4.39. The zero-order chi connectivity index (χ0) is 29.3. The Kier molecular flexibility index (Phi) is 6.72. The van der Waals surface area contributed by atoms with Gasteiger partial charge in [0.1, 0.15) is 5.82 Å². The highest BCUT2D eigenvalue weighted by Crippen LogP contribution is 2.55. The molecule has 3 aliphatic rings. The summed E-state index contributed by atoms with van der Waals surface area (Å²) in [6, 6.07) is 4.12.